The predicted molar refractivity (Wildman–Crippen MR) is 129 cm³/mol. The van der Waals surface area contributed by atoms with E-state index in [1.165, 1.54) is 32.1 Å². The number of nitrogens with zero attached hydrogens (tertiary/aromatic N) is 4. The smallest absolute Gasteiger partial charge is 0.335 e. The first-order chi connectivity index (χ1) is 17.7. The van der Waals surface area contributed by atoms with Crippen LogP contribution in [0.2, 0.25) is 0 Å². The Morgan fingerprint density at radius 1 is 1.08 bits per heavy atom. The summed E-state index contributed by atoms with van der Waals surface area (Å²) in [4.78, 5) is 52.2. The van der Waals surface area contributed by atoms with Crippen molar-refractivity contribution in [1.82, 2.24) is 30.7 Å². The predicted octanol–water partition coefficient (Wildman–Crippen LogP) is 1.13. The molecule has 0 aromatic heterocycles. The lowest BCUT2D eigenvalue weighted by Gasteiger charge is -2.54. The summed E-state index contributed by atoms with van der Waals surface area (Å²) in [6, 6.07) is 13.6. The van der Waals surface area contributed by atoms with Gasteiger partial charge in [-0.2, -0.15) is 5.43 Å². The molecule has 196 valence electrons. The number of carboxylic acids is 1. The first-order valence-corrected chi connectivity index (χ1v) is 11.9. The molecule has 0 radical (unpaired) electrons. The number of fused-ring (bicyclic) bond motifs is 1. The van der Waals surface area contributed by atoms with Crippen molar-refractivity contribution >= 4 is 23.8 Å². The van der Waals surface area contributed by atoms with E-state index in [0.717, 1.165) is 11.1 Å². The van der Waals surface area contributed by atoms with Gasteiger partial charge in [-0.05, 0) is 36.1 Å². The van der Waals surface area contributed by atoms with Gasteiger partial charge in [0.15, 0.2) is 6.29 Å². The van der Waals surface area contributed by atoms with Gasteiger partial charge in [0.1, 0.15) is 11.9 Å². The number of carbonyl (C=O) groups is 4. The molecule has 0 saturated carbocycles. The number of amides is 4. The Labute approximate surface area is 213 Å². The molecule has 2 heterocycles. The molecule has 0 spiro atoms. The summed E-state index contributed by atoms with van der Waals surface area (Å²) in [5.41, 5.74) is 4.66. The number of likely N-dealkylation sites (N-methyl/N-ethyl adjacent to an activating group) is 1. The third kappa shape index (κ3) is 6.04. The van der Waals surface area contributed by atoms with Crippen LogP contribution in [0.15, 0.2) is 54.6 Å². The van der Waals surface area contributed by atoms with Crippen LogP contribution in [-0.4, -0.2) is 81.3 Å². The minimum Gasteiger partial charge on any atom is -0.481 e. The molecule has 0 aliphatic carbocycles. The van der Waals surface area contributed by atoms with E-state index in [2.05, 4.69) is 10.7 Å². The summed E-state index contributed by atoms with van der Waals surface area (Å²) in [5, 5.41) is 16.2. The molecule has 2 aliphatic heterocycles. The third-order valence-electron chi connectivity index (χ3n) is 6.34. The number of hydrogen-bond donors (Lipinski definition) is 3. The van der Waals surface area contributed by atoms with Crippen molar-refractivity contribution < 1.29 is 28.7 Å². The third-order valence-corrected chi connectivity index (χ3v) is 6.34. The Hall–Kier alpha value is -4.03. The normalized spacial score (nSPS) is 20.1. The van der Waals surface area contributed by atoms with E-state index in [9.17, 15) is 28.7 Å². The Morgan fingerprint density at radius 3 is 2.46 bits per heavy atom. The van der Waals surface area contributed by atoms with E-state index >= 15 is 0 Å². The Balaban J connectivity index is 1.56. The lowest BCUT2D eigenvalue weighted by Crippen LogP contribution is -2.80. The fourth-order valence-electron chi connectivity index (χ4n) is 4.47. The number of hydrogen-bond acceptors (Lipinski definition) is 6. The van der Waals surface area contributed by atoms with Crippen molar-refractivity contribution in [2.75, 3.05) is 20.1 Å². The number of urea groups is 1. The van der Waals surface area contributed by atoms with Gasteiger partial charge in [-0.3, -0.25) is 24.3 Å². The maximum absolute atomic E-state index is 13.4. The fraction of sp³-hybridized carbons (Fsp3) is 0.360. The molecule has 2 aromatic rings. The summed E-state index contributed by atoms with van der Waals surface area (Å²) >= 11 is 0. The fourth-order valence-corrected chi connectivity index (χ4v) is 4.47. The van der Waals surface area contributed by atoms with Crippen LogP contribution < -0.4 is 10.7 Å². The van der Waals surface area contributed by atoms with E-state index in [4.69, 9.17) is 0 Å². The number of carbonyl (C=O) groups excluding carboxylic acids is 3. The van der Waals surface area contributed by atoms with E-state index < -0.39 is 36.1 Å². The molecule has 2 aliphatic rings. The van der Waals surface area contributed by atoms with Gasteiger partial charge in [0.25, 0.3) is 5.91 Å². The number of carboxylic acid groups (broad SMARTS) is 1. The summed E-state index contributed by atoms with van der Waals surface area (Å²) < 4.78 is 13.3. The maximum atomic E-state index is 13.4. The first kappa shape index (κ1) is 26.0. The molecule has 2 aromatic carbocycles. The van der Waals surface area contributed by atoms with Gasteiger partial charge < -0.3 is 10.4 Å². The topological polar surface area (TPSA) is 126 Å². The number of hydrazine groups is 2. The van der Waals surface area contributed by atoms with Gasteiger partial charge >= 0.3 is 12.0 Å². The Kier molecular flexibility index (Phi) is 7.99. The van der Waals surface area contributed by atoms with Crippen molar-refractivity contribution in [3.8, 4) is 0 Å². The van der Waals surface area contributed by atoms with Crippen LogP contribution in [0.1, 0.15) is 24.0 Å². The van der Waals surface area contributed by atoms with E-state index in [0.29, 0.717) is 6.42 Å². The summed E-state index contributed by atoms with van der Waals surface area (Å²) in [6.07, 6.45) is -1.10. The van der Waals surface area contributed by atoms with E-state index in [-0.39, 0.29) is 38.3 Å². The zero-order chi connectivity index (χ0) is 26.5. The van der Waals surface area contributed by atoms with Crippen molar-refractivity contribution in [3.63, 3.8) is 0 Å². The second kappa shape index (κ2) is 11.4. The number of benzene rings is 2. The van der Waals surface area contributed by atoms with Crippen LogP contribution in [0.3, 0.4) is 0 Å². The van der Waals surface area contributed by atoms with Crippen molar-refractivity contribution in [1.29, 1.82) is 0 Å². The van der Waals surface area contributed by atoms with Gasteiger partial charge in [0.2, 0.25) is 5.91 Å². The lowest BCUT2D eigenvalue weighted by atomic mass is 10.1. The number of aliphatic carboxylic acids is 1. The van der Waals surface area contributed by atoms with Gasteiger partial charge in [-0.25, -0.2) is 19.2 Å². The molecule has 2 saturated heterocycles. The van der Waals surface area contributed by atoms with Crippen LogP contribution in [0.25, 0.3) is 0 Å². The minimum atomic E-state index is -1.10. The second-order valence-electron chi connectivity index (χ2n) is 8.92. The van der Waals surface area contributed by atoms with E-state index in [1.54, 1.807) is 19.2 Å². The minimum absolute atomic E-state index is 0.103. The average Bonchev–Trinajstić information content (AvgIpc) is 2.87. The van der Waals surface area contributed by atoms with Crippen molar-refractivity contribution in [2.24, 2.45) is 0 Å². The van der Waals surface area contributed by atoms with Crippen molar-refractivity contribution in [2.45, 2.75) is 38.1 Å². The van der Waals surface area contributed by atoms with Crippen LogP contribution >= 0.6 is 0 Å². The molecule has 0 bridgehead atoms. The Morgan fingerprint density at radius 2 is 1.78 bits per heavy atom. The zero-order valence-corrected chi connectivity index (χ0v) is 20.3. The number of nitrogens with one attached hydrogen (secondary N) is 2. The highest BCUT2D eigenvalue weighted by molar-refractivity contribution is 5.91. The molecular weight excluding hydrogens is 483 g/mol. The molecule has 4 amide bonds. The Bertz CT molecular complexity index is 1150. The quantitative estimate of drug-likeness (QED) is 0.484. The highest BCUT2D eigenvalue weighted by Crippen LogP contribution is 2.25. The van der Waals surface area contributed by atoms with Gasteiger partial charge in [-0.15, -0.1) is 0 Å². The first-order valence-electron chi connectivity index (χ1n) is 11.9. The summed E-state index contributed by atoms with van der Waals surface area (Å²) in [5.74, 6) is -2.35. The zero-order valence-electron chi connectivity index (χ0n) is 20.3. The molecule has 12 heteroatoms. The van der Waals surface area contributed by atoms with Crippen LogP contribution in [0.5, 0.6) is 0 Å². The van der Waals surface area contributed by atoms with Gasteiger partial charge in [-0.1, -0.05) is 42.5 Å². The van der Waals surface area contributed by atoms with Crippen LogP contribution in [0, 0.1) is 5.82 Å². The number of rotatable bonds is 8. The lowest BCUT2D eigenvalue weighted by molar-refractivity contribution is -0.202. The maximum Gasteiger partial charge on any atom is 0.335 e. The SMILES string of the molecule is CN1CC(=O)N2[C@@H](CCC(=O)O)C(=O)N(CCc3ccc(F)cc3)N[C@@H]2N1C(=O)NCc1ccccc1. The standard InChI is InChI=1S/C25H29FN6O5/c1-29-16-21(33)31-20(11-12-22(34)35)23(36)30(14-13-17-7-9-19(26)10-8-17)28-24(31)32(29)25(37)27-15-18-5-3-2-4-6-18/h2-10,20,24,28H,11-16H2,1H3,(H,27,37)(H,34,35)/t20-,24-/m0/s1. The van der Waals surface area contributed by atoms with E-state index in [1.807, 2.05) is 30.3 Å². The highest BCUT2D eigenvalue weighted by atomic mass is 19.1. The summed E-state index contributed by atoms with van der Waals surface area (Å²) in [6.45, 7) is 0.249. The molecule has 0 unspecified atom stereocenters. The summed E-state index contributed by atoms with van der Waals surface area (Å²) in [7, 11) is 1.59. The van der Waals surface area contributed by atoms with Gasteiger partial charge in [0, 0.05) is 26.6 Å². The van der Waals surface area contributed by atoms with Gasteiger partial charge in [0.05, 0.1) is 6.54 Å². The second-order valence-corrected chi connectivity index (χ2v) is 8.92. The molecule has 2 fully saturated rings. The average molecular weight is 513 g/mol. The molecule has 11 nitrogen and oxygen atoms in total. The monoisotopic (exact) mass is 512 g/mol. The number of halogens is 1. The molecule has 2 atom stereocenters. The molecular formula is C25H29FN6O5. The van der Waals surface area contributed by atoms with Crippen LogP contribution in [-0.2, 0) is 27.3 Å². The molecule has 4 rings (SSSR count). The highest BCUT2D eigenvalue weighted by Gasteiger charge is 2.50. The van der Waals surface area contributed by atoms with Crippen LogP contribution in [0.4, 0.5) is 9.18 Å². The van der Waals surface area contributed by atoms with Crippen molar-refractivity contribution in [3.05, 3.63) is 71.5 Å². The molecule has 3 N–H and O–H groups in total. The largest absolute Gasteiger partial charge is 0.481 e. The molecule has 37 heavy (non-hydrogen) atoms.